The van der Waals surface area contributed by atoms with E-state index in [4.69, 9.17) is 23.2 Å². The minimum Gasteiger partial charge on any atom is -0.339 e. The van der Waals surface area contributed by atoms with Crippen LogP contribution < -0.4 is 10.2 Å². The Bertz CT molecular complexity index is 1300. The number of carbonyl (C=O) groups excluding carboxylic acids is 1. The van der Waals surface area contributed by atoms with Crippen molar-refractivity contribution in [2.45, 2.75) is 55.5 Å². The van der Waals surface area contributed by atoms with Crippen LogP contribution in [0.15, 0.2) is 66.7 Å². The highest BCUT2D eigenvalue weighted by atomic mass is 35.5. The molecule has 0 aromatic heterocycles. The zero-order valence-corrected chi connectivity index (χ0v) is 23.1. The Morgan fingerprint density at radius 1 is 0.769 bits per heavy atom. The predicted molar refractivity (Wildman–Crippen MR) is 151 cm³/mol. The SMILES string of the molecule is O=C1NCN(c2ccc(Cl)c(Cl)c2)C12CCN(C1CCC(c3ccc(F)cc3)(c3ccc(F)cc3)CC1)CC2. The van der Waals surface area contributed by atoms with Crippen molar-refractivity contribution in [2.75, 3.05) is 24.7 Å². The first-order chi connectivity index (χ1) is 18.8. The van der Waals surface area contributed by atoms with E-state index in [1.165, 1.54) is 24.3 Å². The molecule has 1 spiro atoms. The van der Waals surface area contributed by atoms with Gasteiger partial charge in [0.05, 0.1) is 16.7 Å². The van der Waals surface area contributed by atoms with Crippen LogP contribution >= 0.6 is 23.2 Å². The van der Waals surface area contributed by atoms with Crippen molar-refractivity contribution in [2.24, 2.45) is 0 Å². The van der Waals surface area contributed by atoms with Gasteiger partial charge in [-0.1, -0.05) is 47.5 Å². The van der Waals surface area contributed by atoms with Crippen LogP contribution in [0.4, 0.5) is 14.5 Å². The largest absolute Gasteiger partial charge is 0.339 e. The highest BCUT2D eigenvalue weighted by molar-refractivity contribution is 6.42. The Hall–Kier alpha value is -2.67. The molecule has 3 aliphatic rings. The van der Waals surface area contributed by atoms with Crippen LogP contribution in [0.1, 0.15) is 49.7 Å². The number of benzene rings is 3. The van der Waals surface area contributed by atoms with Gasteiger partial charge in [-0.05, 0) is 92.1 Å². The van der Waals surface area contributed by atoms with Crippen LogP contribution in [0.2, 0.25) is 10.0 Å². The Morgan fingerprint density at radius 3 is 1.87 bits per heavy atom. The van der Waals surface area contributed by atoms with Crippen LogP contribution in [-0.4, -0.2) is 42.1 Å². The van der Waals surface area contributed by atoms with Crippen LogP contribution in [-0.2, 0) is 10.2 Å². The number of piperidine rings is 1. The zero-order chi connectivity index (χ0) is 27.2. The summed E-state index contributed by atoms with van der Waals surface area (Å²) in [6, 6.07) is 19.5. The van der Waals surface area contributed by atoms with Gasteiger partial charge in [0.1, 0.15) is 17.2 Å². The molecule has 3 aromatic carbocycles. The molecule has 1 amide bonds. The normalized spacial score (nSPS) is 21.3. The zero-order valence-electron chi connectivity index (χ0n) is 21.6. The first kappa shape index (κ1) is 26.5. The standard InChI is InChI=1S/C31H31Cl2F2N3O/c32-27-10-9-26(19-28(27)33)38-20-36-29(39)31(38)15-17-37(18-16-31)25-11-13-30(14-12-25,21-1-5-23(34)6-2-21)22-3-7-24(35)8-4-22/h1-10,19,25H,11-18,20H2,(H,36,39). The quantitative estimate of drug-likeness (QED) is 0.370. The van der Waals surface area contributed by atoms with Crippen molar-refractivity contribution >= 4 is 34.8 Å². The summed E-state index contributed by atoms with van der Waals surface area (Å²) in [5, 5.41) is 4.03. The van der Waals surface area contributed by atoms with E-state index in [9.17, 15) is 13.6 Å². The third-order valence-corrected chi connectivity index (χ3v) is 10.0. The minimum atomic E-state index is -0.589. The van der Waals surface area contributed by atoms with Crippen molar-refractivity contribution in [3.63, 3.8) is 0 Å². The van der Waals surface area contributed by atoms with E-state index in [0.29, 0.717) is 22.8 Å². The fourth-order valence-electron chi connectivity index (χ4n) is 7.08. The number of hydrogen-bond donors (Lipinski definition) is 1. The number of nitrogens with zero attached hydrogens (tertiary/aromatic N) is 2. The number of nitrogens with one attached hydrogen (secondary N) is 1. The molecule has 3 aromatic rings. The Balaban J connectivity index is 1.18. The molecule has 8 heteroatoms. The second-order valence-electron chi connectivity index (χ2n) is 11.1. The van der Waals surface area contributed by atoms with Gasteiger partial charge in [0.15, 0.2) is 0 Å². The van der Waals surface area contributed by atoms with Crippen molar-refractivity contribution in [3.8, 4) is 0 Å². The fraction of sp³-hybridized carbons (Fsp3) is 0.387. The molecular weight excluding hydrogens is 539 g/mol. The predicted octanol–water partition coefficient (Wildman–Crippen LogP) is 6.93. The number of halogens is 4. The lowest BCUT2D eigenvalue weighted by atomic mass is 9.64. The van der Waals surface area contributed by atoms with E-state index >= 15 is 0 Å². The Morgan fingerprint density at radius 2 is 1.33 bits per heavy atom. The molecule has 0 atom stereocenters. The molecule has 1 aliphatic carbocycles. The number of carbonyl (C=O) groups is 1. The second kappa shape index (κ2) is 10.4. The molecule has 2 saturated heterocycles. The van der Waals surface area contributed by atoms with Crippen LogP contribution in [0, 0.1) is 11.6 Å². The molecule has 39 heavy (non-hydrogen) atoms. The van der Waals surface area contributed by atoms with E-state index < -0.39 is 5.54 Å². The number of likely N-dealkylation sites (tertiary alicyclic amines) is 1. The van der Waals surface area contributed by atoms with Gasteiger partial charge in [-0.25, -0.2) is 8.78 Å². The van der Waals surface area contributed by atoms with Gasteiger partial charge in [0, 0.05) is 30.2 Å². The molecule has 1 saturated carbocycles. The summed E-state index contributed by atoms with van der Waals surface area (Å²) in [6.07, 6.45) is 5.21. The van der Waals surface area contributed by atoms with Gasteiger partial charge in [-0.15, -0.1) is 0 Å². The maximum absolute atomic E-state index is 13.8. The third kappa shape index (κ3) is 4.71. The molecule has 0 bridgehead atoms. The first-order valence-electron chi connectivity index (χ1n) is 13.6. The van der Waals surface area contributed by atoms with Crippen LogP contribution in [0.5, 0.6) is 0 Å². The van der Waals surface area contributed by atoms with E-state index in [2.05, 4.69) is 15.1 Å². The van der Waals surface area contributed by atoms with Crippen molar-refractivity contribution in [3.05, 3.63) is 99.5 Å². The smallest absolute Gasteiger partial charge is 0.247 e. The van der Waals surface area contributed by atoms with Gasteiger partial charge in [-0.2, -0.15) is 0 Å². The van der Waals surface area contributed by atoms with Crippen molar-refractivity contribution in [1.82, 2.24) is 10.2 Å². The fourth-order valence-corrected chi connectivity index (χ4v) is 7.37. The van der Waals surface area contributed by atoms with Gasteiger partial charge < -0.3 is 15.1 Å². The summed E-state index contributed by atoms with van der Waals surface area (Å²) in [5.41, 5.74) is 2.19. The second-order valence-corrected chi connectivity index (χ2v) is 11.9. The topological polar surface area (TPSA) is 35.6 Å². The van der Waals surface area contributed by atoms with Gasteiger partial charge in [0.25, 0.3) is 0 Å². The molecule has 2 aliphatic heterocycles. The van der Waals surface area contributed by atoms with E-state index in [0.717, 1.165) is 68.4 Å². The summed E-state index contributed by atoms with van der Waals surface area (Å²) in [5.74, 6) is -0.437. The molecule has 1 N–H and O–H groups in total. The molecule has 0 radical (unpaired) electrons. The minimum absolute atomic E-state index is 0.0727. The number of rotatable bonds is 4. The molecule has 3 fully saturated rings. The molecule has 4 nitrogen and oxygen atoms in total. The molecule has 204 valence electrons. The number of amides is 1. The molecular formula is C31H31Cl2F2N3O. The average Bonchev–Trinajstić information content (AvgIpc) is 3.26. The summed E-state index contributed by atoms with van der Waals surface area (Å²) in [6.45, 7) is 2.12. The third-order valence-electron chi connectivity index (χ3n) is 9.30. The maximum atomic E-state index is 13.8. The van der Waals surface area contributed by atoms with Crippen LogP contribution in [0.25, 0.3) is 0 Å². The van der Waals surface area contributed by atoms with Crippen molar-refractivity contribution in [1.29, 1.82) is 0 Å². The van der Waals surface area contributed by atoms with Gasteiger partial charge in [-0.3, -0.25) is 4.79 Å². The Labute approximate surface area is 237 Å². The lowest BCUT2D eigenvalue weighted by molar-refractivity contribution is -0.125. The number of anilines is 1. The van der Waals surface area contributed by atoms with E-state index in [1.807, 2.05) is 36.4 Å². The summed E-state index contributed by atoms with van der Waals surface area (Å²) < 4.78 is 27.5. The lowest BCUT2D eigenvalue weighted by Crippen LogP contribution is -2.58. The maximum Gasteiger partial charge on any atom is 0.247 e. The summed E-state index contributed by atoms with van der Waals surface area (Å²) in [4.78, 5) is 17.8. The molecule has 2 heterocycles. The summed E-state index contributed by atoms with van der Waals surface area (Å²) >= 11 is 12.4. The van der Waals surface area contributed by atoms with Gasteiger partial charge >= 0.3 is 0 Å². The summed E-state index contributed by atoms with van der Waals surface area (Å²) in [7, 11) is 0. The van der Waals surface area contributed by atoms with E-state index in [1.54, 1.807) is 6.07 Å². The lowest BCUT2D eigenvalue weighted by Gasteiger charge is -2.49. The average molecular weight is 571 g/mol. The Kier molecular flexibility index (Phi) is 7.07. The highest BCUT2D eigenvalue weighted by Gasteiger charge is 2.51. The monoisotopic (exact) mass is 569 g/mol. The van der Waals surface area contributed by atoms with Gasteiger partial charge in [0.2, 0.25) is 5.91 Å². The molecule has 0 unspecified atom stereocenters. The number of hydrogen-bond acceptors (Lipinski definition) is 3. The van der Waals surface area contributed by atoms with E-state index in [-0.39, 0.29) is 23.0 Å². The van der Waals surface area contributed by atoms with Crippen LogP contribution in [0.3, 0.4) is 0 Å². The first-order valence-corrected chi connectivity index (χ1v) is 14.3. The van der Waals surface area contributed by atoms with Crippen molar-refractivity contribution < 1.29 is 13.6 Å². The molecule has 6 rings (SSSR count). The highest BCUT2D eigenvalue weighted by Crippen LogP contribution is 2.47.